The second-order valence-corrected chi connectivity index (χ2v) is 2.63. The maximum Gasteiger partial charge on any atom is 0.160 e. The highest BCUT2D eigenvalue weighted by Gasteiger charge is 2.36. The monoisotopic (exact) mass is 179 g/mol. The van der Waals surface area contributed by atoms with Gasteiger partial charge in [-0.05, 0) is 0 Å². The molecule has 5 heteroatoms. The van der Waals surface area contributed by atoms with Gasteiger partial charge in [0.15, 0.2) is 6.29 Å². The molecule has 1 rings (SSSR count). The fourth-order valence-corrected chi connectivity index (χ4v) is 1.08. The smallest absolute Gasteiger partial charge is 0.160 e. The summed E-state index contributed by atoms with van der Waals surface area (Å²) in [6.45, 7) is -0.412. The summed E-state index contributed by atoms with van der Waals surface area (Å²) in [7, 11) is 1.34. The van der Waals surface area contributed by atoms with Crippen molar-refractivity contribution in [2.75, 3.05) is 13.7 Å². The summed E-state index contributed by atoms with van der Waals surface area (Å²) in [6, 6.07) is 0. The van der Waals surface area contributed by atoms with E-state index in [2.05, 4.69) is 0 Å². The molecule has 2 unspecified atom stereocenters. The highest BCUT2D eigenvalue weighted by Crippen LogP contribution is 2.20. The molecule has 0 aromatic rings. The first kappa shape index (κ1) is 8.40. The molecule has 0 saturated carbocycles. The summed E-state index contributed by atoms with van der Waals surface area (Å²) in [6.07, 6.45) is -5.34. The van der Waals surface area contributed by atoms with Gasteiger partial charge in [0.05, 0.1) is 12.7 Å². The van der Waals surface area contributed by atoms with Crippen LogP contribution in [-0.4, -0.2) is 53.6 Å². The van der Waals surface area contributed by atoms with Crippen molar-refractivity contribution in [1.82, 2.24) is 0 Å². The van der Waals surface area contributed by atoms with Gasteiger partial charge < -0.3 is 24.8 Å². The number of rotatable bonds is 2. The third-order valence-corrected chi connectivity index (χ3v) is 1.81. The van der Waals surface area contributed by atoms with E-state index in [1.165, 1.54) is 7.11 Å². The largest absolute Gasteiger partial charge is 0.394 e. The third kappa shape index (κ3) is 1.94. The van der Waals surface area contributed by atoms with Gasteiger partial charge in [-0.2, -0.15) is 0 Å². The average Bonchev–Trinajstić information content (AvgIpc) is 2.15. The average molecular weight is 179 g/mol. The van der Waals surface area contributed by atoms with Crippen LogP contribution in [-0.2, 0) is 9.47 Å². The third-order valence-electron chi connectivity index (χ3n) is 1.81. The van der Waals surface area contributed by atoms with E-state index in [9.17, 15) is 10.2 Å². The van der Waals surface area contributed by atoms with Gasteiger partial charge in [0.1, 0.15) is 12.2 Å². The molecule has 1 saturated heterocycles. The molecule has 1 aliphatic rings. The summed E-state index contributed by atoms with van der Waals surface area (Å²) in [5.41, 5.74) is 0. The highest BCUT2D eigenvalue weighted by molar-refractivity contribution is 4.81. The minimum absolute atomic E-state index is 0.412. The molecule has 5 nitrogen and oxygen atoms in total. The van der Waals surface area contributed by atoms with Crippen LogP contribution in [0.5, 0.6) is 0 Å². The quantitative estimate of drug-likeness (QED) is 0.479. The van der Waals surface area contributed by atoms with Crippen LogP contribution in [0.3, 0.4) is 0 Å². The maximum atomic E-state index is 9.34. The fraction of sp³-hybridized carbons (Fsp3) is 1.00. The molecule has 72 valence electrons. The van der Waals surface area contributed by atoms with E-state index in [1.807, 2.05) is 0 Å². The molecule has 3 N–H and O–H groups in total. The van der Waals surface area contributed by atoms with E-state index in [4.69, 9.17) is 16.0 Å². The fourth-order valence-electron chi connectivity index (χ4n) is 1.08. The van der Waals surface area contributed by atoms with Crippen LogP contribution >= 0.6 is 0 Å². The van der Waals surface area contributed by atoms with E-state index in [1.54, 1.807) is 0 Å². The summed E-state index contributed by atoms with van der Waals surface area (Å²) in [4.78, 5) is 0. The molecule has 12 heavy (non-hydrogen) atoms. The number of aliphatic hydroxyl groups excluding tert-OH is 3. The molecule has 0 radical (unpaired) electrons. The van der Waals surface area contributed by atoms with E-state index >= 15 is 0 Å². The summed E-state index contributed by atoms with van der Waals surface area (Å²) < 4.78 is 17.2. The topological polar surface area (TPSA) is 79.2 Å². The molecule has 0 aromatic heterocycles. The van der Waals surface area contributed by atoms with Crippen molar-refractivity contribution >= 4 is 0 Å². The van der Waals surface area contributed by atoms with Crippen LogP contribution < -0.4 is 0 Å². The highest BCUT2D eigenvalue weighted by atomic mass is 16.7. The first-order valence-corrected chi connectivity index (χ1v) is 3.69. The molecular formula is C7H14O5. The molecule has 1 heterocycles. The van der Waals surface area contributed by atoms with Crippen LogP contribution in [0.25, 0.3) is 0 Å². The normalized spacial score (nSPS) is 50.3. The van der Waals surface area contributed by atoms with Gasteiger partial charge in [-0.25, -0.2) is 0 Å². The lowest BCUT2D eigenvalue weighted by molar-refractivity contribution is -0.248. The zero-order valence-corrected chi connectivity index (χ0v) is 6.75. The Morgan fingerprint density at radius 2 is 2.33 bits per heavy atom. The molecule has 0 bridgehead atoms. The van der Waals surface area contributed by atoms with Crippen LogP contribution in [0.2, 0.25) is 0 Å². The van der Waals surface area contributed by atoms with Crippen molar-refractivity contribution in [2.45, 2.75) is 31.0 Å². The molecule has 0 spiro atoms. The number of hydrogen-bond donors (Lipinski definition) is 3. The van der Waals surface area contributed by atoms with E-state index in [-0.39, 0.29) is 0 Å². The molecular weight excluding hydrogens is 164 g/mol. The van der Waals surface area contributed by atoms with E-state index in [0.717, 1.165) is 0 Å². The molecule has 0 amide bonds. The summed E-state index contributed by atoms with van der Waals surface area (Å²) in [5.74, 6) is 0. The Morgan fingerprint density at radius 3 is 2.83 bits per heavy atom. The Morgan fingerprint density at radius 1 is 1.67 bits per heavy atom. The second-order valence-electron chi connectivity index (χ2n) is 2.63. The van der Waals surface area contributed by atoms with Gasteiger partial charge in [0.2, 0.25) is 0 Å². The van der Waals surface area contributed by atoms with Crippen molar-refractivity contribution in [1.29, 1.82) is 0 Å². The molecule has 1 aliphatic heterocycles. The Hall–Kier alpha value is -0.200. The predicted molar refractivity (Wildman–Crippen MR) is 39.4 cm³/mol. The Kier molecular flexibility index (Phi) is 2.91. The molecule has 0 aliphatic carbocycles. The molecule has 1 fully saturated rings. The van der Waals surface area contributed by atoms with E-state index < -0.39 is 37.6 Å². The first-order valence-electron chi connectivity index (χ1n) is 4.27. The lowest BCUT2D eigenvalue weighted by Gasteiger charge is -2.35. The second kappa shape index (κ2) is 4.15. The van der Waals surface area contributed by atoms with Gasteiger partial charge in [-0.1, -0.05) is 0 Å². The van der Waals surface area contributed by atoms with Gasteiger partial charge in [-0.15, -0.1) is 0 Å². The Balaban J connectivity index is 2.66. The maximum absolute atomic E-state index is 9.34. The van der Waals surface area contributed by atoms with Crippen LogP contribution in [0.15, 0.2) is 0 Å². The summed E-state index contributed by atoms with van der Waals surface area (Å²) in [5, 5.41) is 27.4. The SMILES string of the molecule is [2H]C1[C@H](OC)OC(CO)[C@@H](O)[C@@H]1O. The van der Waals surface area contributed by atoms with Gasteiger partial charge >= 0.3 is 0 Å². The Labute approximate surface area is 71.9 Å². The van der Waals surface area contributed by atoms with Gasteiger partial charge in [0, 0.05) is 14.9 Å². The molecule has 0 aromatic carbocycles. The standard InChI is InChI=1S/C7H14O5/c1-11-6-2-4(9)7(10)5(3-8)12-6/h4-10H,2-3H2,1H3/t4-,5?,6-,7+/m1/s1/i2D/t2?,4-,5?,6-,7+. The van der Waals surface area contributed by atoms with Crippen LogP contribution in [0, 0.1) is 0 Å². The van der Waals surface area contributed by atoms with Crippen molar-refractivity contribution in [2.24, 2.45) is 0 Å². The van der Waals surface area contributed by atoms with Crippen molar-refractivity contribution in [3.63, 3.8) is 0 Å². The zero-order valence-electron chi connectivity index (χ0n) is 7.75. The van der Waals surface area contributed by atoms with Crippen LogP contribution in [0.4, 0.5) is 0 Å². The lowest BCUT2D eigenvalue weighted by Crippen LogP contribution is -2.50. The lowest BCUT2D eigenvalue weighted by atomic mass is 10.0. The van der Waals surface area contributed by atoms with E-state index in [0.29, 0.717) is 0 Å². The van der Waals surface area contributed by atoms with Crippen molar-refractivity contribution < 1.29 is 26.2 Å². The minimum Gasteiger partial charge on any atom is -0.394 e. The number of hydrogen-bond acceptors (Lipinski definition) is 5. The van der Waals surface area contributed by atoms with Crippen LogP contribution in [0.1, 0.15) is 7.77 Å². The first-order chi connectivity index (χ1) is 6.11. The van der Waals surface area contributed by atoms with Crippen molar-refractivity contribution in [3.8, 4) is 0 Å². The number of methoxy groups -OCH3 is 1. The summed E-state index contributed by atoms with van der Waals surface area (Å²) >= 11 is 0. The van der Waals surface area contributed by atoms with Crippen molar-refractivity contribution in [3.05, 3.63) is 0 Å². The molecule has 5 atom stereocenters. The predicted octanol–water partition coefficient (Wildman–Crippen LogP) is -1.54. The zero-order chi connectivity index (χ0) is 10.0. The van der Waals surface area contributed by atoms with Gasteiger partial charge in [-0.3, -0.25) is 0 Å². The minimum atomic E-state index is -1.25. The Bertz CT molecular complexity index is 147. The van der Waals surface area contributed by atoms with Gasteiger partial charge in [0.25, 0.3) is 0 Å². The number of ether oxygens (including phenoxy) is 2. The number of aliphatic hydroxyl groups is 3.